The van der Waals surface area contributed by atoms with Crippen molar-refractivity contribution in [2.75, 3.05) is 0 Å². The fourth-order valence-electron chi connectivity index (χ4n) is 1.47. The molecular weight excluding hydrogens is 200 g/mol. The van der Waals surface area contributed by atoms with Gasteiger partial charge in [-0.05, 0) is 19.3 Å². The van der Waals surface area contributed by atoms with Gasteiger partial charge in [0.2, 0.25) is 0 Å². The third-order valence-corrected chi connectivity index (χ3v) is 1.92. The SMILES string of the molecule is Cc1cc(C[C@@H](N)CC(C)C)no1.Cl. The molecule has 82 valence electrons. The zero-order valence-electron chi connectivity index (χ0n) is 8.99. The Morgan fingerprint density at radius 3 is 2.57 bits per heavy atom. The molecule has 4 heteroatoms. The summed E-state index contributed by atoms with van der Waals surface area (Å²) in [5.41, 5.74) is 6.90. The van der Waals surface area contributed by atoms with Crippen LogP contribution in [0.25, 0.3) is 0 Å². The van der Waals surface area contributed by atoms with Crippen molar-refractivity contribution < 1.29 is 4.52 Å². The third kappa shape index (κ3) is 4.63. The van der Waals surface area contributed by atoms with Gasteiger partial charge in [0.15, 0.2) is 0 Å². The van der Waals surface area contributed by atoms with Gasteiger partial charge in [0.25, 0.3) is 0 Å². The molecule has 1 atom stereocenters. The second-order valence-corrected chi connectivity index (χ2v) is 4.02. The smallest absolute Gasteiger partial charge is 0.133 e. The molecule has 0 aliphatic rings. The first-order valence-electron chi connectivity index (χ1n) is 4.75. The van der Waals surface area contributed by atoms with Gasteiger partial charge >= 0.3 is 0 Å². The Labute approximate surface area is 91.4 Å². The Kier molecular flexibility index (Phi) is 5.81. The molecule has 1 heterocycles. The molecular formula is C10H19ClN2O. The predicted octanol–water partition coefficient (Wildman–Crippen LogP) is 2.32. The largest absolute Gasteiger partial charge is 0.361 e. The molecule has 1 aromatic heterocycles. The Morgan fingerprint density at radius 2 is 2.14 bits per heavy atom. The molecule has 0 aliphatic carbocycles. The van der Waals surface area contributed by atoms with Crippen molar-refractivity contribution in [2.45, 2.75) is 39.7 Å². The number of halogens is 1. The lowest BCUT2D eigenvalue weighted by atomic mass is 10.0. The molecule has 0 aliphatic heterocycles. The maximum absolute atomic E-state index is 5.93. The lowest BCUT2D eigenvalue weighted by molar-refractivity contribution is 0.385. The van der Waals surface area contributed by atoms with Crippen molar-refractivity contribution in [2.24, 2.45) is 11.7 Å². The highest BCUT2D eigenvalue weighted by Gasteiger charge is 2.09. The van der Waals surface area contributed by atoms with Crippen molar-refractivity contribution in [3.05, 3.63) is 17.5 Å². The van der Waals surface area contributed by atoms with Crippen LogP contribution in [0.1, 0.15) is 31.7 Å². The fourth-order valence-corrected chi connectivity index (χ4v) is 1.47. The van der Waals surface area contributed by atoms with E-state index in [1.807, 2.05) is 13.0 Å². The summed E-state index contributed by atoms with van der Waals surface area (Å²) in [6, 6.07) is 2.14. The van der Waals surface area contributed by atoms with Crippen molar-refractivity contribution >= 4 is 12.4 Å². The molecule has 0 fully saturated rings. The summed E-state index contributed by atoms with van der Waals surface area (Å²) in [6.07, 6.45) is 1.85. The molecule has 0 saturated heterocycles. The Bertz CT molecular complexity index is 260. The Morgan fingerprint density at radius 1 is 1.50 bits per heavy atom. The van der Waals surface area contributed by atoms with Gasteiger partial charge < -0.3 is 10.3 Å². The summed E-state index contributed by atoms with van der Waals surface area (Å²) in [5, 5.41) is 3.91. The molecule has 0 bridgehead atoms. The van der Waals surface area contributed by atoms with E-state index in [0.717, 1.165) is 24.3 Å². The number of nitrogens with two attached hydrogens (primary N) is 1. The molecule has 0 aromatic carbocycles. The van der Waals surface area contributed by atoms with E-state index in [4.69, 9.17) is 10.3 Å². The van der Waals surface area contributed by atoms with Gasteiger partial charge in [-0.1, -0.05) is 19.0 Å². The van der Waals surface area contributed by atoms with E-state index < -0.39 is 0 Å². The Balaban J connectivity index is 0.00000169. The number of rotatable bonds is 4. The molecule has 0 spiro atoms. The lowest BCUT2D eigenvalue weighted by Gasteiger charge is -2.11. The van der Waals surface area contributed by atoms with Gasteiger partial charge in [0.1, 0.15) is 5.76 Å². The van der Waals surface area contributed by atoms with Crippen LogP contribution < -0.4 is 5.73 Å². The molecule has 0 amide bonds. The van der Waals surface area contributed by atoms with Crippen molar-refractivity contribution in [1.29, 1.82) is 0 Å². The first kappa shape index (κ1) is 13.5. The van der Waals surface area contributed by atoms with Gasteiger partial charge in [-0.15, -0.1) is 12.4 Å². The summed E-state index contributed by atoms with van der Waals surface area (Å²) in [6.45, 7) is 6.24. The normalized spacial score (nSPS) is 12.6. The van der Waals surface area contributed by atoms with Crippen LogP contribution in [0.15, 0.2) is 10.6 Å². The van der Waals surface area contributed by atoms with Gasteiger partial charge in [0, 0.05) is 18.5 Å². The van der Waals surface area contributed by atoms with Crippen molar-refractivity contribution in [3.63, 3.8) is 0 Å². The summed E-state index contributed by atoms with van der Waals surface area (Å²) >= 11 is 0. The second kappa shape index (κ2) is 6.04. The maximum Gasteiger partial charge on any atom is 0.133 e. The van der Waals surface area contributed by atoms with Crippen LogP contribution >= 0.6 is 12.4 Å². The van der Waals surface area contributed by atoms with Crippen LogP contribution in [0, 0.1) is 12.8 Å². The van der Waals surface area contributed by atoms with Crippen LogP contribution in [0.4, 0.5) is 0 Å². The maximum atomic E-state index is 5.93. The zero-order valence-corrected chi connectivity index (χ0v) is 9.80. The van der Waals surface area contributed by atoms with Gasteiger partial charge in [-0.3, -0.25) is 0 Å². The van der Waals surface area contributed by atoms with E-state index in [1.54, 1.807) is 0 Å². The first-order valence-corrected chi connectivity index (χ1v) is 4.75. The highest BCUT2D eigenvalue weighted by molar-refractivity contribution is 5.85. The molecule has 0 saturated carbocycles. The summed E-state index contributed by atoms with van der Waals surface area (Å²) in [5.74, 6) is 1.50. The summed E-state index contributed by atoms with van der Waals surface area (Å²) < 4.78 is 4.96. The average Bonchev–Trinajstić information content (AvgIpc) is 2.33. The minimum atomic E-state index is 0. The summed E-state index contributed by atoms with van der Waals surface area (Å²) in [4.78, 5) is 0. The van der Waals surface area contributed by atoms with E-state index in [9.17, 15) is 0 Å². The second-order valence-electron chi connectivity index (χ2n) is 4.02. The van der Waals surface area contributed by atoms with E-state index in [0.29, 0.717) is 5.92 Å². The van der Waals surface area contributed by atoms with Crippen LogP contribution in [-0.4, -0.2) is 11.2 Å². The first-order chi connectivity index (χ1) is 6.08. The van der Waals surface area contributed by atoms with E-state index in [-0.39, 0.29) is 18.4 Å². The fraction of sp³-hybridized carbons (Fsp3) is 0.700. The highest BCUT2D eigenvalue weighted by Crippen LogP contribution is 2.09. The van der Waals surface area contributed by atoms with Crippen molar-refractivity contribution in [1.82, 2.24) is 5.16 Å². The van der Waals surface area contributed by atoms with E-state index in [2.05, 4.69) is 19.0 Å². The molecule has 2 N–H and O–H groups in total. The van der Waals surface area contributed by atoms with Gasteiger partial charge in [0.05, 0.1) is 5.69 Å². The van der Waals surface area contributed by atoms with Crippen LogP contribution in [0.3, 0.4) is 0 Å². The van der Waals surface area contributed by atoms with Crippen LogP contribution in [0.5, 0.6) is 0 Å². The quantitative estimate of drug-likeness (QED) is 0.844. The van der Waals surface area contributed by atoms with Gasteiger partial charge in [-0.25, -0.2) is 0 Å². The highest BCUT2D eigenvalue weighted by atomic mass is 35.5. The monoisotopic (exact) mass is 218 g/mol. The number of aromatic nitrogens is 1. The standard InChI is InChI=1S/C10H18N2O.ClH/c1-7(2)4-9(11)6-10-5-8(3)13-12-10;/h5,7,9H,4,6,11H2,1-3H3;1H/t9-;/m0./s1. The molecule has 14 heavy (non-hydrogen) atoms. The number of aryl methyl sites for hydroxylation is 1. The minimum absolute atomic E-state index is 0. The van der Waals surface area contributed by atoms with Crippen molar-refractivity contribution in [3.8, 4) is 0 Å². The van der Waals surface area contributed by atoms with Gasteiger partial charge in [-0.2, -0.15) is 0 Å². The van der Waals surface area contributed by atoms with E-state index >= 15 is 0 Å². The predicted molar refractivity (Wildman–Crippen MR) is 59.6 cm³/mol. The Hall–Kier alpha value is -0.540. The molecule has 0 unspecified atom stereocenters. The topological polar surface area (TPSA) is 52.0 Å². The molecule has 3 nitrogen and oxygen atoms in total. The zero-order chi connectivity index (χ0) is 9.84. The molecule has 1 rings (SSSR count). The number of hydrogen-bond donors (Lipinski definition) is 1. The van der Waals surface area contributed by atoms with Crippen LogP contribution in [0.2, 0.25) is 0 Å². The van der Waals surface area contributed by atoms with E-state index in [1.165, 1.54) is 0 Å². The summed E-state index contributed by atoms with van der Waals surface area (Å²) in [7, 11) is 0. The number of hydrogen-bond acceptors (Lipinski definition) is 3. The third-order valence-electron chi connectivity index (χ3n) is 1.92. The van der Waals surface area contributed by atoms with Crippen LogP contribution in [-0.2, 0) is 6.42 Å². The minimum Gasteiger partial charge on any atom is -0.361 e. The average molecular weight is 219 g/mol. The number of nitrogens with zero attached hydrogens (tertiary/aromatic N) is 1. The lowest BCUT2D eigenvalue weighted by Crippen LogP contribution is -2.24. The molecule has 0 radical (unpaired) electrons. The molecule has 1 aromatic rings.